The summed E-state index contributed by atoms with van der Waals surface area (Å²) in [6.07, 6.45) is 0.277. The quantitative estimate of drug-likeness (QED) is 0.808. The lowest BCUT2D eigenvalue weighted by atomic mass is 9.91. The molecule has 0 radical (unpaired) electrons. The van der Waals surface area contributed by atoms with Crippen molar-refractivity contribution in [2.75, 3.05) is 14.2 Å². The molecule has 0 aliphatic rings. The van der Waals surface area contributed by atoms with Gasteiger partial charge in [0.2, 0.25) is 0 Å². The normalized spacial score (nSPS) is 14.9. The minimum atomic E-state index is -0.598. The highest BCUT2D eigenvalue weighted by Crippen LogP contribution is 2.37. The Hall–Kier alpha value is -0.490. The van der Waals surface area contributed by atoms with Gasteiger partial charge < -0.3 is 20.3 Å². The van der Waals surface area contributed by atoms with Gasteiger partial charge in [0.1, 0.15) is 0 Å². The van der Waals surface area contributed by atoms with Gasteiger partial charge in [-0.15, -0.1) is 12.4 Å². The average molecular weight is 369 g/mol. The van der Waals surface area contributed by atoms with Crippen molar-refractivity contribution < 1.29 is 14.6 Å². The lowest BCUT2D eigenvalue weighted by Gasteiger charge is -2.25. The minimum Gasteiger partial charge on any atom is -0.493 e. The lowest BCUT2D eigenvalue weighted by Crippen LogP contribution is -2.31. The Bertz CT molecular complexity index is 431. The van der Waals surface area contributed by atoms with Gasteiger partial charge in [0.15, 0.2) is 11.5 Å². The Morgan fingerprint density at radius 1 is 1.25 bits per heavy atom. The molecule has 0 saturated heterocycles. The van der Waals surface area contributed by atoms with Crippen LogP contribution in [-0.2, 0) is 0 Å². The second kappa shape index (κ2) is 8.72. The zero-order chi connectivity index (χ0) is 14.6. The summed E-state index contributed by atoms with van der Waals surface area (Å²) in [5.74, 6) is 1.37. The van der Waals surface area contributed by atoms with Gasteiger partial charge in [-0.3, -0.25) is 0 Å². The van der Waals surface area contributed by atoms with Crippen LogP contribution in [0.4, 0.5) is 0 Å². The van der Waals surface area contributed by atoms with Crippen molar-refractivity contribution >= 4 is 28.3 Å². The molecule has 0 aliphatic carbocycles. The number of methoxy groups -OCH3 is 2. The maximum absolute atomic E-state index is 10.2. The molecule has 1 aromatic rings. The fraction of sp³-hybridized carbons (Fsp3) is 0.571. The van der Waals surface area contributed by atoms with Crippen LogP contribution < -0.4 is 15.2 Å². The van der Waals surface area contributed by atoms with E-state index in [0.717, 1.165) is 16.5 Å². The minimum absolute atomic E-state index is 0. The molecule has 1 unspecified atom stereocenters. The Morgan fingerprint density at radius 2 is 1.75 bits per heavy atom. The lowest BCUT2D eigenvalue weighted by molar-refractivity contribution is 0.0876. The second-order valence-electron chi connectivity index (χ2n) is 4.63. The molecule has 0 amide bonds. The highest BCUT2D eigenvalue weighted by atomic mass is 79.9. The number of rotatable bonds is 6. The van der Waals surface area contributed by atoms with Crippen LogP contribution in [0.1, 0.15) is 31.9 Å². The fourth-order valence-corrected chi connectivity index (χ4v) is 2.49. The number of halogens is 2. The highest BCUT2D eigenvalue weighted by Gasteiger charge is 2.25. The van der Waals surface area contributed by atoms with Crippen molar-refractivity contribution in [1.82, 2.24) is 0 Å². The van der Waals surface area contributed by atoms with Crippen molar-refractivity contribution in [3.63, 3.8) is 0 Å². The van der Waals surface area contributed by atoms with Crippen LogP contribution in [0, 0.1) is 5.92 Å². The van der Waals surface area contributed by atoms with E-state index in [2.05, 4.69) is 15.9 Å². The number of benzene rings is 1. The molecule has 0 fully saturated rings. The molecular weight excluding hydrogens is 346 g/mol. The van der Waals surface area contributed by atoms with E-state index in [1.54, 1.807) is 26.4 Å². The second-order valence-corrected chi connectivity index (χ2v) is 5.48. The summed E-state index contributed by atoms with van der Waals surface area (Å²) in [5, 5.41) is 10.2. The molecule has 0 heterocycles. The maximum atomic E-state index is 10.2. The van der Waals surface area contributed by atoms with Gasteiger partial charge in [-0.05, 0) is 23.6 Å². The molecule has 20 heavy (non-hydrogen) atoms. The monoisotopic (exact) mass is 367 g/mol. The topological polar surface area (TPSA) is 64.7 Å². The van der Waals surface area contributed by atoms with Crippen molar-refractivity contribution in [1.29, 1.82) is 0 Å². The van der Waals surface area contributed by atoms with E-state index in [1.807, 2.05) is 13.8 Å². The standard InChI is InChI=1S/C14H22BrNO3.ClH/c1-5-8(2)14(17)13(16)9-6-11(18-3)12(19-4)7-10(9)15;/h6-8,13-14,17H,5,16H2,1-4H3;1H/t8?,13-,14+;/m1./s1. The first-order chi connectivity index (χ1) is 8.96. The Morgan fingerprint density at radius 3 is 2.20 bits per heavy atom. The third-order valence-electron chi connectivity index (χ3n) is 3.46. The molecule has 0 bridgehead atoms. The zero-order valence-corrected chi connectivity index (χ0v) is 14.6. The van der Waals surface area contributed by atoms with Gasteiger partial charge >= 0.3 is 0 Å². The van der Waals surface area contributed by atoms with Crippen molar-refractivity contribution in [3.8, 4) is 11.5 Å². The van der Waals surface area contributed by atoms with Crippen LogP contribution in [0.25, 0.3) is 0 Å². The SMILES string of the molecule is CCC(C)[C@H](O)[C@H](N)c1cc(OC)c(OC)cc1Br.Cl. The van der Waals surface area contributed by atoms with E-state index in [1.165, 1.54) is 0 Å². The Labute approximate surface area is 135 Å². The number of hydrogen-bond donors (Lipinski definition) is 2. The summed E-state index contributed by atoms with van der Waals surface area (Å²) >= 11 is 3.46. The summed E-state index contributed by atoms with van der Waals surface area (Å²) in [7, 11) is 3.16. The highest BCUT2D eigenvalue weighted by molar-refractivity contribution is 9.10. The molecule has 3 N–H and O–H groups in total. The van der Waals surface area contributed by atoms with E-state index in [-0.39, 0.29) is 18.3 Å². The smallest absolute Gasteiger partial charge is 0.161 e. The number of ether oxygens (including phenoxy) is 2. The molecule has 6 heteroatoms. The van der Waals surface area contributed by atoms with E-state index in [4.69, 9.17) is 15.2 Å². The number of aliphatic hydroxyl groups is 1. The van der Waals surface area contributed by atoms with Gasteiger partial charge in [0, 0.05) is 4.47 Å². The molecule has 3 atom stereocenters. The average Bonchev–Trinajstić information content (AvgIpc) is 2.44. The van der Waals surface area contributed by atoms with Crippen molar-refractivity contribution in [2.45, 2.75) is 32.4 Å². The third-order valence-corrected chi connectivity index (χ3v) is 4.14. The van der Waals surface area contributed by atoms with Crippen molar-refractivity contribution in [3.05, 3.63) is 22.2 Å². The van der Waals surface area contributed by atoms with Crippen LogP contribution in [0.15, 0.2) is 16.6 Å². The van der Waals surface area contributed by atoms with Gasteiger partial charge in [-0.25, -0.2) is 0 Å². The molecule has 0 spiro atoms. The van der Waals surface area contributed by atoms with E-state index >= 15 is 0 Å². The summed E-state index contributed by atoms with van der Waals surface area (Å²) in [6.45, 7) is 4.02. The molecule has 0 saturated carbocycles. The van der Waals surface area contributed by atoms with E-state index in [9.17, 15) is 5.11 Å². The summed E-state index contributed by atoms with van der Waals surface area (Å²) in [6, 6.07) is 3.14. The number of aliphatic hydroxyl groups excluding tert-OH is 1. The molecule has 116 valence electrons. The van der Waals surface area contributed by atoms with Crippen LogP contribution in [0.2, 0.25) is 0 Å². The van der Waals surface area contributed by atoms with Crippen LogP contribution in [0.5, 0.6) is 11.5 Å². The Kier molecular flexibility index (Phi) is 8.51. The number of nitrogens with two attached hydrogens (primary N) is 1. The molecule has 4 nitrogen and oxygen atoms in total. The Balaban J connectivity index is 0.00000361. The zero-order valence-electron chi connectivity index (χ0n) is 12.2. The van der Waals surface area contributed by atoms with Gasteiger partial charge in [-0.1, -0.05) is 36.2 Å². The van der Waals surface area contributed by atoms with Gasteiger partial charge in [0.25, 0.3) is 0 Å². The predicted molar refractivity (Wildman–Crippen MR) is 86.9 cm³/mol. The molecule has 1 rings (SSSR count). The summed E-state index contributed by atoms with van der Waals surface area (Å²) < 4.78 is 11.3. The van der Waals surface area contributed by atoms with Crippen LogP contribution in [0.3, 0.4) is 0 Å². The summed E-state index contributed by atoms with van der Waals surface area (Å²) in [5.41, 5.74) is 6.97. The van der Waals surface area contributed by atoms with Crippen LogP contribution in [-0.4, -0.2) is 25.4 Å². The first-order valence-corrected chi connectivity index (χ1v) is 7.10. The first-order valence-electron chi connectivity index (χ1n) is 6.31. The third kappa shape index (κ3) is 4.25. The van der Waals surface area contributed by atoms with E-state index < -0.39 is 12.1 Å². The molecular formula is C14H23BrClNO3. The molecule has 0 aliphatic heterocycles. The van der Waals surface area contributed by atoms with Crippen molar-refractivity contribution in [2.24, 2.45) is 11.7 Å². The maximum Gasteiger partial charge on any atom is 0.161 e. The van der Waals surface area contributed by atoms with Gasteiger partial charge in [-0.2, -0.15) is 0 Å². The van der Waals surface area contributed by atoms with E-state index in [0.29, 0.717) is 11.5 Å². The van der Waals surface area contributed by atoms with Gasteiger partial charge in [0.05, 0.1) is 26.4 Å². The molecule has 0 aromatic heterocycles. The van der Waals surface area contributed by atoms with Crippen LogP contribution >= 0.6 is 28.3 Å². The number of hydrogen-bond acceptors (Lipinski definition) is 4. The summed E-state index contributed by atoms with van der Waals surface area (Å²) in [4.78, 5) is 0. The fourth-order valence-electron chi connectivity index (χ4n) is 1.90. The first kappa shape index (κ1) is 19.5. The molecule has 1 aromatic carbocycles. The predicted octanol–water partition coefficient (Wildman–Crippen LogP) is 3.29. The largest absolute Gasteiger partial charge is 0.493 e.